The van der Waals surface area contributed by atoms with Crippen molar-refractivity contribution in [1.82, 2.24) is 4.72 Å². The van der Waals surface area contributed by atoms with Gasteiger partial charge in [0.05, 0.1) is 40.9 Å². The standard InChI is InChI=1S/C19H21ClN2O6S/c1-4-28-17-10-9-13(11-15(17)20)29(25,26)22-12(2)18(23)21-16-8-6-5-7-14(16)19(24)27-3/h5-12,22H,4H2,1-3H3,(H,21,23)/t12-/m0/s1. The van der Waals surface area contributed by atoms with Gasteiger partial charge in [-0.05, 0) is 44.2 Å². The predicted octanol–water partition coefficient (Wildman–Crippen LogP) is 2.83. The number of amides is 1. The highest BCUT2D eigenvalue weighted by Gasteiger charge is 2.24. The summed E-state index contributed by atoms with van der Waals surface area (Å²) in [6, 6.07) is 9.12. The van der Waals surface area contributed by atoms with Gasteiger partial charge in [-0.2, -0.15) is 4.72 Å². The molecule has 0 aliphatic rings. The second-order valence-corrected chi connectivity index (χ2v) is 8.02. The van der Waals surface area contributed by atoms with Gasteiger partial charge < -0.3 is 14.8 Å². The molecule has 10 heteroatoms. The summed E-state index contributed by atoms with van der Waals surface area (Å²) in [5.41, 5.74) is 0.358. The van der Waals surface area contributed by atoms with E-state index in [1.165, 1.54) is 44.4 Å². The predicted molar refractivity (Wildman–Crippen MR) is 109 cm³/mol. The van der Waals surface area contributed by atoms with Crippen LogP contribution in [0.15, 0.2) is 47.4 Å². The van der Waals surface area contributed by atoms with Crippen molar-refractivity contribution in [3.8, 4) is 5.75 Å². The smallest absolute Gasteiger partial charge is 0.339 e. The van der Waals surface area contributed by atoms with Crippen LogP contribution >= 0.6 is 11.6 Å². The molecule has 156 valence electrons. The highest BCUT2D eigenvalue weighted by Crippen LogP contribution is 2.27. The van der Waals surface area contributed by atoms with Crippen LogP contribution < -0.4 is 14.8 Å². The number of hydrogen-bond acceptors (Lipinski definition) is 6. The first-order valence-corrected chi connectivity index (χ1v) is 10.5. The molecule has 0 saturated heterocycles. The normalized spacial score (nSPS) is 12.1. The third-order valence-corrected chi connectivity index (χ3v) is 5.66. The summed E-state index contributed by atoms with van der Waals surface area (Å²) in [6.07, 6.45) is 0. The minimum atomic E-state index is -4.02. The van der Waals surface area contributed by atoms with Gasteiger partial charge in [0.1, 0.15) is 5.75 Å². The lowest BCUT2D eigenvalue weighted by Crippen LogP contribution is -2.41. The van der Waals surface area contributed by atoms with E-state index in [-0.39, 0.29) is 21.2 Å². The fourth-order valence-corrected chi connectivity index (χ4v) is 3.93. The largest absolute Gasteiger partial charge is 0.492 e. The van der Waals surface area contributed by atoms with E-state index in [0.29, 0.717) is 12.4 Å². The van der Waals surface area contributed by atoms with Crippen molar-refractivity contribution in [2.24, 2.45) is 0 Å². The van der Waals surface area contributed by atoms with Crippen molar-refractivity contribution in [3.63, 3.8) is 0 Å². The topological polar surface area (TPSA) is 111 Å². The van der Waals surface area contributed by atoms with Gasteiger partial charge in [0.2, 0.25) is 15.9 Å². The third kappa shape index (κ3) is 5.69. The molecule has 0 aliphatic heterocycles. The minimum absolute atomic E-state index is 0.111. The summed E-state index contributed by atoms with van der Waals surface area (Å²) in [4.78, 5) is 24.1. The monoisotopic (exact) mass is 440 g/mol. The molecule has 29 heavy (non-hydrogen) atoms. The lowest BCUT2D eigenvalue weighted by atomic mass is 10.1. The number of rotatable bonds is 8. The van der Waals surface area contributed by atoms with Crippen molar-refractivity contribution < 1.29 is 27.5 Å². The number of halogens is 1. The number of ether oxygens (including phenoxy) is 2. The van der Waals surface area contributed by atoms with Crippen LogP contribution in [-0.4, -0.2) is 40.1 Å². The van der Waals surface area contributed by atoms with Crippen molar-refractivity contribution >= 4 is 39.2 Å². The lowest BCUT2D eigenvalue weighted by molar-refractivity contribution is -0.117. The van der Waals surface area contributed by atoms with E-state index in [9.17, 15) is 18.0 Å². The van der Waals surface area contributed by atoms with Crippen molar-refractivity contribution in [3.05, 3.63) is 53.1 Å². The second-order valence-electron chi connectivity index (χ2n) is 5.89. The fourth-order valence-electron chi connectivity index (χ4n) is 2.40. The van der Waals surface area contributed by atoms with Crippen LogP contribution in [0.1, 0.15) is 24.2 Å². The number of sulfonamides is 1. The fraction of sp³-hybridized carbons (Fsp3) is 0.263. The van der Waals surface area contributed by atoms with Crippen LogP contribution in [0.3, 0.4) is 0 Å². The van der Waals surface area contributed by atoms with Crippen molar-refractivity contribution in [1.29, 1.82) is 0 Å². The molecule has 2 N–H and O–H groups in total. The first kappa shape index (κ1) is 22.7. The van der Waals surface area contributed by atoms with Crippen LogP contribution in [0, 0.1) is 0 Å². The quantitative estimate of drug-likeness (QED) is 0.610. The molecule has 1 atom stereocenters. The van der Waals surface area contributed by atoms with Gasteiger partial charge in [-0.25, -0.2) is 13.2 Å². The maximum atomic E-state index is 12.6. The molecule has 1 amide bonds. The van der Waals surface area contributed by atoms with Crippen LogP contribution in [-0.2, 0) is 19.6 Å². The van der Waals surface area contributed by atoms with E-state index >= 15 is 0 Å². The molecule has 2 rings (SSSR count). The van der Waals surface area contributed by atoms with Crippen molar-refractivity contribution in [2.45, 2.75) is 24.8 Å². The Morgan fingerprint density at radius 1 is 1.17 bits per heavy atom. The number of methoxy groups -OCH3 is 1. The SMILES string of the molecule is CCOc1ccc(S(=O)(=O)N[C@@H](C)C(=O)Nc2ccccc2C(=O)OC)cc1Cl. The second kappa shape index (κ2) is 9.73. The summed E-state index contributed by atoms with van der Waals surface area (Å²) in [7, 11) is -2.80. The maximum Gasteiger partial charge on any atom is 0.339 e. The number of hydrogen-bond donors (Lipinski definition) is 2. The van der Waals surface area contributed by atoms with Gasteiger partial charge in [-0.3, -0.25) is 4.79 Å². The Morgan fingerprint density at radius 2 is 1.86 bits per heavy atom. The first-order chi connectivity index (χ1) is 13.7. The van der Waals surface area contributed by atoms with Gasteiger partial charge in [-0.1, -0.05) is 23.7 Å². The Balaban J connectivity index is 2.15. The maximum absolute atomic E-state index is 12.6. The zero-order valence-electron chi connectivity index (χ0n) is 16.1. The molecule has 0 fully saturated rings. The van der Waals surface area contributed by atoms with Gasteiger partial charge in [0.25, 0.3) is 0 Å². The molecule has 0 unspecified atom stereocenters. The van der Waals surface area contributed by atoms with E-state index in [4.69, 9.17) is 16.3 Å². The van der Waals surface area contributed by atoms with Crippen LogP contribution in [0.5, 0.6) is 5.75 Å². The summed E-state index contributed by atoms with van der Waals surface area (Å²) < 4.78 is 37.4. The minimum Gasteiger partial charge on any atom is -0.492 e. The highest BCUT2D eigenvalue weighted by molar-refractivity contribution is 7.89. The van der Waals surface area contributed by atoms with E-state index in [1.54, 1.807) is 19.1 Å². The molecule has 0 bridgehead atoms. The molecule has 8 nitrogen and oxygen atoms in total. The van der Waals surface area contributed by atoms with E-state index in [2.05, 4.69) is 14.8 Å². The number of carbonyl (C=O) groups is 2. The summed E-state index contributed by atoms with van der Waals surface area (Å²) >= 11 is 6.04. The zero-order chi connectivity index (χ0) is 21.6. The van der Waals surface area contributed by atoms with E-state index < -0.39 is 27.9 Å². The highest BCUT2D eigenvalue weighted by atomic mass is 35.5. The molecule has 0 saturated carbocycles. The molecule has 0 heterocycles. The molecular weight excluding hydrogens is 420 g/mol. The number of anilines is 1. The molecular formula is C19H21ClN2O6S. The Hall–Kier alpha value is -2.62. The summed E-state index contributed by atoms with van der Waals surface area (Å²) in [5.74, 6) is -0.918. The summed E-state index contributed by atoms with van der Waals surface area (Å²) in [6.45, 7) is 3.54. The number of para-hydroxylation sites is 1. The van der Waals surface area contributed by atoms with Gasteiger partial charge in [0, 0.05) is 0 Å². The van der Waals surface area contributed by atoms with Crippen molar-refractivity contribution in [2.75, 3.05) is 19.0 Å². The Labute approximate surface area is 174 Å². The van der Waals surface area contributed by atoms with Crippen LogP contribution in [0.25, 0.3) is 0 Å². The molecule has 2 aromatic rings. The summed E-state index contributed by atoms with van der Waals surface area (Å²) in [5, 5.41) is 2.66. The molecule has 0 radical (unpaired) electrons. The van der Waals surface area contributed by atoms with Crippen LogP contribution in [0.4, 0.5) is 5.69 Å². The van der Waals surface area contributed by atoms with Gasteiger partial charge in [-0.15, -0.1) is 0 Å². The van der Waals surface area contributed by atoms with Gasteiger partial charge >= 0.3 is 5.97 Å². The molecule has 0 aliphatic carbocycles. The zero-order valence-corrected chi connectivity index (χ0v) is 17.6. The Morgan fingerprint density at radius 3 is 2.48 bits per heavy atom. The third-order valence-electron chi connectivity index (χ3n) is 3.83. The molecule has 2 aromatic carbocycles. The molecule has 0 aromatic heterocycles. The van der Waals surface area contributed by atoms with E-state index in [1.807, 2.05) is 0 Å². The van der Waals surface area contributed by atoms with Crippen LogP contribution in [0.2, 0.25) is 5.02 Å². The first-order valence-electron chi connectivity index (χ1n) is 8.62. The number of benzene rings is 2. The Kier molecular flexibility index (Phi) is 7.60. The number of carbonyl (C=O) groups excluding carboxylic acids is 2. The average molecular weight is 441 g/mol. The number of nitrogens with one attached hydrogen (secondary N) is 2. The van der Waals surface area contributed by atoms with E-state index in [0.717, 1.165) is 0 Å². The average Bonchev–Trinajstić information content (AvgIpc) is 2.69. The molecule has 0 spiro atoms. The number of esters is 1. The lowest BCUT2D eigenvalue weighted by Gasteiger charge is -2.16. The Bertz CT molecular complexity index is 1010. The van der Waals surface area contributed by atoms with Gasteiger partial charge in [0.15, 0.2) is 0 Å².